The van der Waals surface area contributed by atoms with Crippen LogP contribution in [-0.2, 0) is 33.4 Å². The maximum absolute atomic E-state index is 13.3. The molecular formula is C44H44N4O13. The lowest BCUT2D eigenvalue weighted by molar-refractivity contribution is -0.385. The van der Waals surface area contributed by atoms with Gasteiger partial charge in [0.05, 0.1) is 50.6 Å². The Kier molecular flexibility index (Phi) is 16.1. The van der Waals surface area contributed by atoms with Gasteiger partial charge in [0.25, 0.3) is 11.4 Å². The van der Waals surface area contributed by atoms with Crippen LogP contribution >= 0.6 is 0 Å². The summed E-state index contributed by atoms with van der Waals surface area (Å²) in [5.74, 6) is -5.90. The zero-order valence-electron chi connectivity index (χ0n) is 33.9. The zero-order valence-corrected chi connectivity index (χ0v) is 33.9. The number of esters is 2. The summed E-state index contributed by atoms with van der Waals surface area (Å²) >= 11 is 0. The number of aliphatic carboxylic acids is 2. The van der Waals surface area contributed by atoms with Gasteiger partial charge >= 0.3 is 23.9 Å². The highest BCUT2D eigenvalue weighted by molar-refractivity contribution is 6.00. The minimum atomic E-state index is -1.28. The highest BCUT2D eigenvalue weighted by Crippen LogP contribution is 2.41. The number of benzene rings is 3. The monoisotopic (exact) mass is 836 g/mol. The first-order chi connectivity index (χ1) is 29.1. The van der Waals surface area contributed by atoms with E-state index in [4.69, 9.17) is 14.2 Å². The molecule has 2 heterocycles. The number of dihydropyridines is 2. The summed E-state index contributed by atoms with van der Waals surface area (Å²) in [4.78, 5) is 70.8. The van der Waals surface area contributed by atoms with Gasteiger partial charge in [-0.15, -0.1) is 0 Å². The summed E-state index contributed by atoms with van der Waals surface area (Å²) in [5.41, 5.74) is 2.89. The maximum Gasteiger partial charge on any atom is 0.337 e. The molecule has 4 N–H and O–H groups in total. The third-order valence-electron chi connectivity index (χ3n) is 9.42. The van der Waals surface area contributed by atoms with Crippen LogP contribution in [-0.4, -0.2) is 70.9 Å². The molecule has 1 unspecified atom stereocenters. The highest BCUT2D eigenvalue weighted by atomic mass is 16.6. The van der Waals surface area contributed by atoms with E-state index in [1.807, 2.05) is 42.5 Å². The van der Waals surface area contributed by atoms with Gasteiger partial charge in [-0.3, -0.25) is 20.2 Å². The molecule has 61 heavy (non-hydrogen) atoms. The molecule has 17 nitrogen and oxygen atoms in total. The minimum Gasteiger partial charge on any atom is -0.478 e. The molecular weight excluding hydrogens is 792 g/mol. The molecule has 0 aliphatic carbocycles. The van der Waals surface area contributed by atoms with E-state index in [1.54, 1.807) is 32.1 Å². The Labute approximate surface area is 350 Å². The van der Waals surface area contributed by atoms with Gasteiger partial charge in [0, 0.05) is 54.2 Å². The molecule has 0 saturated heterocycles. The summed E-state index contributed by atoms with van der Waals surface area (Å²) in [6.45, 7) is 6.62. The second-order valence-electron chi connectivity index (χ2n) is 13.5. The Bertz CT molecular complexity index is 2360. The van der Waals surface area contributed by atoms with Gasteiger partial charge in [0.15, 0.2) is 0 Å². The van der Waals surface area contributed by atoms with Crippen LogP contribution in [0.2, 0.25) is 0 Å². The van der Waals surface area contributed by atoms with Crippen molar-refractivity contribution < 1.29 is 53.4 Å². The first kappa shape index (κ1) is 46.0. The largest absolute Gasteiger partial charge is 0.478 e. The molecule has 2 aliphatic rings. The molecule has 5 rings (SSSR count). The lowest BCUT2D eigenvalue weighted by atomic mass is 9.80. The maximum atomic E-state index is 13.3. The van der Waals surface area contributed by atoms with Gasteiger partial charge in [-0.2, -0.15) is 0 Å². The number of carboxylic acids is 2. The number of nitrogens with one attached hydrogen (secondary N) is 2. The Morgan fingerprint density at radius 2 is 1.10 bits per heavy atom. The van der Waals surface area contributed by atoms with Crippen molar-refractivity contribution in [2.75, 3.05) is 26.9 Å². The van der Waals surface area contributed by atoms with Crippen molar-refractivity contribution in [2.45, 2.75) is 39.5 Å². The molecule has 0 fully saturated rings. The van der Waals surface area contributed by atoms with Crippen LogP contribution in [0, 0.1) is 20.2 Å². The van der Waals surface area contributed by atoms with Crippen LogP contribution in [0.1, 0.15) is 56.2 Å². The third-order valence-corrected chi connectivity index (χ3v) is 9.42. The summed E-state index contributed by atoms with van der Waals surface area (Å²) in [6, 6.07) is 20.9. The fraction of sp³-hybridized carbons (Fsp3) is 0.227. The molecule has 0 spiro atoms. The van der Waals surface area contributed by atoms with E-state index in [-0.39, 0.29) is 59.1 Å². The SMILES string of the molecule is CC1=C(C(=O)O)C(c2cccc([N+](=O)[O-])c2)C(C(=O)O)=C(C)N1.COCCOC(=O)C1=C(C)NC(C)=C(C(=O)OCC=CC=Cc2ccccc2)C1c1cccc([N+](=O)[O-])c1. The normalized spacial score (nSPS) is 15.5. The van der Waals surface area contributed by atoms with Gasteiger partial charge < -0.3 is 35.1 Å². The number of ether oxygens (including phenoxy) is 3. The van der Waals surface area contributed by atoms with E-state index in [2.05, 4.69) is 10.6 Å². The number of allylic oxidation sites excluding steroid dienone is 6. The van der Waals surface area contributed by atoms with E-state index in [9.17, 15) is 49.6 Å². The van der Waals surface area contributed by atoms with E-state index >= 15 is 0 Å². The Hall–Kier alpha value is -7.66. The van der Waals surface area contributed by atoms with Crippen LogP contribution in [0.3, 0.4) is 0 Å². The predicted octanol–water partition coefficient (Wildman–Crippen LogP) is 6.83. The van der Waals surface area contributed by atoms with Crippen molar-refractivity contribution in [2.24, 2.45) is 0 Å². The van der Waals surface area contributed by atoms with Crippen molar-refractivity contribution in [3.8, 4) is 0 Å². The van der Waals surface area contributed by atoms with Crippen molar-refractivity contribution in [3.05, 3.63) is 179 Å². The highest BCUT2D eigenvalue weighted by Gasteiger charge is 2.39. The van der Waals surface area contributed by atoms with Crippen LogP contribution in [0.15, 0.2) is 142 Å². The molecule has 0 aromatic heterocycles. The molecule has 3 aromatic carbocycles. The first-order valence-electron chi connectivity index (χ1n) is 18.6. The Morgan fingerprint density at radius 3 is 1.56 bits per heavy atom. The number of nitro benzene ring substituents is 2. The van der Waals surface area contributed by atoms with Gasteiger partial charge in [-0.05, 0) is 50.5 Å². The van der Waals surface area contributed by atoms with Crippen LogP contribution in [0.25, 0.3) is 6.08 Å². The Balaban J connectivity index is 0.000000303. The number of carbonyl (C=O) groups is 4. The molecule has 2 aliphatic heterocycles. The number of carboxylic acid groups (broad SMARTS) is 2. The van der Waals surface area contributed by atoms with Crippen LogP contribution < -0.4 is 10.6 Å². The quantitative estimate of drug-likeness (QED) is 0.0403. The van der Waals surface area contributed by atoms with Gasteiger partial charge in [0.2, 0.25) is 0 Å². The number of nitro groups is 2. The van der Waals surface area contributed by atoms with E-state index in [1.165, 1.54) is 63.4 Å². The molecule has 0 radical (unpaired) electrons. The lowest BCUT2D eigenvalue weighted by Gasteiger charge is -2.30. The molecule has 3 aromatic rings. The number of non-ortho nitro benzene ring substituents is 2. The van der Waals surface area contributed by atoms with Gasteiger partial charge in [0.1, 0.15) is 13.2 Å². The number of nitrogens with zero attached hydrogens (tertiary/aromatic N) is 2. The topological polar surface area (TPSA) is 247 Å². The van der Waals surface area contributed by atoms with E-state index in [0.717, 1.165) is 5.56 Å². The summed E-state index contributed by atoms with van der Waals surface area (Å²) in [5, 5.41) is 47.1. The van der Waals surface area contributed by atoms with Crippen molar-refractivity contribution in [1.82, 2.24) is 10.6 Å². The van der Waals surface area contributed by atoms with E-state index in [0.29, 0.717) is 28.4 Å². The fourth-order valence-corrected chi connectivity index (χ4v) is 6.76. The van der Waals surface area contributed by atoms with Gasteiger partial charge in [-0.25, -0.2) is 19.2 Å². The second-order valence-corrected chi connectivity index (χ2v) is 13.5. The molecule has 0 bridgehead atoms. The number of methoxy groups -OCH3 is 1. The Morgan fingerprint density at radius 1 is 0.639 bits per heavy atom. The molecule has 318 valence electrons. The zero-order chi connectivity index (χ0) is 44.8. The number of hydrogen-bond acceptors (Lipinski definition) is 13. The average molecular weight is 837 g/mol. The fourth-order valence-electron chi connectivity index (χ4n) is 6.76. The van der Waals surface area contributed by atoms with E-state index < -0.39 is 45.6 Å². The smallest absolute Gasteiger partial charge is 0.337 e. The standard InChI is InChI=1S/C29H30N2O7.C15H14N2O6/c1-20-25(28(32)37-16-9-5-8-13-22-11-6-4-7-12-22)27(23-14-10-15-24(19-23)31(34)35)26(21(2)30-20)29(33)38-18-17-36-3;1-7-11(14(18)19)13(12(15(20)21)8(2)16-7)9-4-3-5-10(6-9)17(22)23/h4-15,19,27,30H,16-18H2,1-3H3;3-6,13,16H,1-2H3,(H,18,19)(H,20,21). The molecule has 17 heteroatoms. The van der Waals surface area contributed by atoms with Crippen molar-refractivity contribution >= 4 is 41.3 Å². The lowest BCUT2D eigenvalue weighted by Crippen LogP contribution is -2.32. The third kappa shape index (κ3) is 11.7. The summed E-state index contributed by atoms with van der Waals surface area (Å²) in [7, 11) is 1.48. The molecule has 0 amide bonds. The second kappa shape index (κ2) is 21.4. The van der Waals surface area contributed by atoms with Crippen molar-refractivity contribution in [1.29, 1.82) is 0 Å². The average Bonchev–Trinajstić information content (AvgIpc) is 3.21. The summed E-state index contributed by atoms with van der Waals surface area (Å²) in [6.07, 6.45) is 7.21. The number of hydrogen-bond donors (Lipinski definition) is 4. The first-order valence-corrected chi connectivity index (χ1v) is 18.6. The summed E-state index contributed by atoms with van der Waals surface area (Å²) < 4.78 is 15.8. The predicted molar refractivity (Wildman–Crippen MR) is 222 cm³/mol. The minimum absolute atomic E-state index is 0.00723. The number of rotatable bonds is 15. The van der Waals surface area contributed by atoms with Crippen LogP contribution in [0.5, 0.6) is 0 Å². The van der Waals surface area contributed by atoms with Crippen LogP contribution in [0.4, 0.5) is 11.4 Å². The van der Waals surface area contributed by atoms with Crippen molar-refractivity contribution in [3.63, 3.8) is 0 Å². The van der Waals surface area contributed by atoms with Gasteiger partial charge in [-0.1, -0.05) is 72.8 Å². The molecule has 1 atom stereocenters. The number of carbonyl (C=O) groups excluding carboxylic acids is 2. The molecule has 0 saturated carbocycles.